The lowest BCUT2D eigenvalue weighted by atomic mass is 10.1. The normalized spacial score (nSPS) is 12.0. The number of hydrogen-bond acceptors (Lipinski definition) is 3. The second kappa shape index (κ2) is 5.83. The number of furan rings is 1. The third-order valence-corrected chi connectivity index (χ3v) is 3.30. The lowest BCUT2D eigenvalue weighted by Gasteiger charge is -2.14. The Morgan fingerprint density at radius 2 is 1.81 bits per heavy atom. The average molecular weight is 287 g/mol. The Hall–Kier alpha value is -2.56. The molecule has 1 unspecified atom stereocenters. The van der Waals surface area contributed by atoms with Gasteiger partial charge in [-0.3, -0.25) is 4.79 Å². The van der Waals surface area contributed by atoms with E-state index in [0.29, 0.717) is 0 Å². The predicted molar refractivity (Wildman–Crippen MR) is 77.5 cm³/mol. The minimum atomic E-state index is -1.12. The Labute approximate surface area is 122 Å². The van der Waals surface area contributed by atoms with E-state index in [4.69, 9.17) is 9.52 Å². The summed E-state index contributed by atoms with van der Waals surface area (Å²) in [4.78, 5) is 23.4. The minimum Gasteiger partial charge on any atom is -0.478 e. The molecule has 1 heterocycles. The number of hydrogen-bond donors (Lipinski definition) is 2. The first-order valence-electron chi connectivity index (χ1n) is 6.60. The standard InChI is InChI=1S/C16H17NO4/c1-9-8-14(11(3)21-9)10(2)17-15(18)12-6-4-5-7-13(12)16(19)20/h4-8,10H,1-3H3,(H,17,18)(H,19,20). The minimum absolute atomic E-state index is 0.0118. The topological polar surface area (TPSA) is 79.5 Å². The van der Waals surface area contributed by atoms with Crippen molar-refractivity contribution in [3.8, 4) is 0 Å². The Bertz CT molecular complexity index is 687. The Kier molecular flexibility index (Phi) is 4.12. The fourth-order valence-corrected chi connectivity index (χ4v) is 2.30. The molecule has 2 rings (SSSR count). The number of carboxylic acid groups (broad SMARTS) is 1. The maximum absolute atomic E-state index is 12.3. The van der Waals surface area contributed by atoms with E-state index in [1.807, 2.05) is 26.8 Å². The molecule has 0 saturated carbocycles. The highest BCUT2D eigenvalue weighted by molar-refractivity contribution is 6.04. The molecule has 1 atom stereocenters. The van der Waals surface area contributed by atoms with Crippen LogP contribution >= 0.6 is 0 Å². The predicted octanol–water partition coefficient (Wildman–Crippen LogP) is 3.09. The monoisotopic (exact) mass is 287 g/mol. The fraction of sp³-hybridized carbons (Fsp3) is 0.250. The van der Waals surface area contributed by atoms with Gasteiger partial charge in [-0.05, 0) is 39.0 Å². The Balaban J connectivity index is 2.22. The van der Waals surface area contributed by atoms with Crippen LogP contribution in [0.4, 0.5) is 0 Å². The second-order valence-corrected chi connectivity index (χ2v) is 4.91. The lowest BCUT2D eigenvalue weighted by molar-refractivity contribution is 0.0690. The molecule has 0 radical (unpaired) electrons. The highest BCUT2D eigenvalue weighted by Crippen LogP contribution is 2.22. The van der Waals surface area contributed by atoms with E-state index in [-0.39, 0.29) is 17.2 Å². The summed E-state index contributed by atoms with van der Waals surface area (Å²) in [5.41, 5.74) is 1.02. The average Bonchev–Trinajstić information content (AvgIpc) is 2.77. The molecule has 5 heteroatoms. The number of aromatic carboxylic acids is 1. The van der Waals surface area contributed by atoms with E-state index in [9.17, 15) is 9.59 Å². The van der Waals surface area contributed by atoms with Crippen molar-refractivity contribution < 1.29 is 19.1 Å². The molecular weight excluding hydrogens is 270 g/mol. The smallest absolute Gasteiger partial charge is 0.336 e. The molecule has 0 aliphatic rings. The largest absolute Gasteiger partial charge is 0.478 e. The molecule has 110 valence electrons. The van der Waals surface area contributed by atoms with Crippen molar-refractivity contribution in [3.63, 3.8) is 0 Å². The quantitative estimate of drug-likeness (QED) is 0.905. The third kappa shape index (κ3) is 3.13. The molecule has 1 aromatic heterocycles. The van der Waals surface area contributed by atoms with Gasteiger partial charge in [0.1, 0.15) is 11.5 Å². The van der Waals surface area contributed by atoms with Crippen LogP contribution in [0.5, 0.6) is 0 Å². The van der Waals surface area contributed by atoms with Crippen LogP contribution in [0.15, 0.2) is 34.7 Å². The Morgan fingerprint density at radius 1 is 1.19 bits per heavy atom. The molecule has 0 bridgehead atoms. The van der Waals surface area contributed by atoms with Gasteiger partial charge in [-0.2, -0.15) is 0 Å². The summed E-state index contributed by atoms with van der Waals surface area (Å²) in [6.45, 7) is 5.50. The van der Waals surface area contributed by atoms with Gasteiger partial charge in [-0.25, -0.2) is 4.79 Å². The first kappa shape index (κ1) is 14.8. The third-order valence-electron chi connectivity index (χ3n) is 3.30. The summed E-state index contributed by atoms with van der Waals surface area (Å²) in [7, 11) is 0. The number of amides is 1. The maximum Gasteiger partial charge on any atom is 0.336 e. The zero-order valence-electron chi connectivity index (χ0n) is 12.1. The van der Waals surface area contributed by atoms with Gasteiger partial charge in [0.25, 0.3) is 5.91 Å². The molecule has 5 nitrogen and oxygen atoms in total. The summed E-state index contributed by atoms with van der Waals surface area (Å²) in [6, 6.07) is 7.74. The molecule has 21 heavy (non-hydrogen) atoms. The van der Waals surface area contributed by atoms with E-state index in [0.717, 1.165) is 17.1 Å². The molecule has 2 N–H and O–H groups in total. The van der Waals surface area contributed by atoms with Gasteiger partial charge in [0.2, 0.25) is 0 Å². The SMILES string of the molecule is Cc1cc(C(C)NC(=O)c2ccccc2C(=O)O)c(C)o1. The number of carboxylic acids is 1. The van der Waals surface area contributed by atoms with E-state index in [1.54, 1.807) is 12.1 Å². The first-order valence-corrected chi connectivity index (χ1v) is 6.60. The van der Waals surface area contributed by atoms with Gasteiger partial charge >= 0.3 is 5.97 Å². The van der Waals surface area contributed by atoms with Crippen LogP contribution in [-0.2, 0) is 0 Å². The summed E-state index contributed by atoms with van der Waals surface area (Å²) >= 11 is 0. The van der Waals surface area contributed by atoms with Crippen LogP contribution in [0.1, 0.15) is 50.8 Å². The number of aryl methyl sites for hydroxylation is 2. The number of carbonyl (C=O) groups is 2. The highest BCUT2D eigenvalue weighted by Gasteiger charge is 2.19. The Morgan fingerprint density at radius 3 is 2.33 bits per heavy atom. The lowest BCUT2D eigenvalue weighted by Crippen LogP contribution is -2.28. The number of nitrogens with one attached hydrogen (secondary N) is 1. The summed E-state index contributed by atoms with van der Waals surface area (Å²) in [6.07, 6.45) is 0. The van der Waals surface area contributed by atoms with Crippen LogP contribution in [0.25, 0.3) is 0 Å². The molecule has 0 fully saturated rings. The first-order chi connectivity index (χ1) is 9.90. The molecular formula is C16H17NO4. The van der Waals surface area contributed by atoms with Crippen molar-refractivity contribution >= 4 is 11.9 Å². The molecule has 0 aliphatic heterocycles. The number of rotatable bonds is 4. The summed E-state index contributed by atoms with van der Waals surface area (Å²) in [5, 5.41) is 11.9. The zero-order chi connectivity index (χ0) is 15.6. The second-order valence-electron chi connectivity index (χ2n) is 4.91. The molecule has 2 aromatic rings. The number of carbonyl (C=O) groups excluding carboxylic acids is 1. The fourth-order valence-electron chi connectivity index (χ4n) is 2.30. The molecule has 0 saturated heterocycles. The van der Waals surface area contributed by atoms with Crippen LogP contribution < -0.4 is 5.32 Å². The molecule has 0 spiro atoms. The van der Waals surface area contributed by atoms with Crippen molar-refractivity contribution in [1.29, 1.82) is 0 Å². The van der Waals surface area contributed by atoms with E-state index >= 15 is 0 Å². The van der Waals surface area contributed by atoms with Crippen molar-refractivity contribution in [2.75, 3.05) is 0 Å². The molecule has 1 amide bonds. The number of benzene rings is 1. The molecule has 0 aliphatic carbocycles. The summed E-state index contributed by atoms with van der Waals surface area (Å²) < 4.78 is 5.44. The van der Waals surface area contributed by atoms with Crippen LogP contribution in [-0.4, -0.2) is 17.0 Å². The van der Waals surface area contributed by atoms with Gasteiger partial charge in [0, 0.05) is 5.56 Å². The summed E-state index contributed by atoms with van der Waals surface area (Å²) in [5.74, 6) is -0.0242. The van der Waals surface area contributed by atoms with Crippen LogP contribution in [0.3, 0.4) is 0 Å². The van der Waals surface area contributed by atoms with Gasteiger partial charge in [0.15, 0.2) is 0 Å². The van der Waals surface area contributed by atoms with Crippen molar-refractivity contribution in [1.82, 2.24) is 5.32 Å². The van der Waals surface area contributed by atoms with Gasteiger partial charge in [0.05, 0.1) is 17.2 Å². The van der Waals surface area contributed by atoms with Crippen molar-refractivity contribution in [3.05, 3.63) is 58.5 Å². The zero-order valence-corrected chi connectivity index (χ0v) is 12.1. The van der Waals surface area contributed by atoms with E-state index < -0.39 is 11.9 Å². The van der Waals surface area contributed by atoms with E-state index in [1.165, 1.54) is 12.1 Å². The molecule has 1 aromatic carbocycles. The van der Waals surface area contributed by atoms with Crippen molar-refractivity contribution in [2.45, 2.75) is 26.8 Å². The van der Waals surface area contributed by atoms with Gasteiger partial charge in [-0.1, -0.05) is 12.1 Å². The van der Waals surface area contributed by atoms with Gasteiger partial charge < -0.3 is 14.8 Å². The maximum atomic E-state index is 12.3. The van der Waals surface area contributed by atoms with Crippen LogP contribution in [0.2, 0.25) is 0 Å². The highest BCUT2D eigenvalue weighted by atomic mass is 16.4. The van der Waals surface area contributed by atoms with Crippen molar-refractivity contribution in [2.24, 2.45) is 0 Å². The van der Waals surface area contributed by atoms with Gasteiger partial charge in [-0.15, -0.1) is 0 Å². The van der Waals surface area contributed by atoms with E-state index in [2.05, 4.69) is 5.32 Å². The van der Waals surface area contributed by atoms with Crippen LogP contribution in [0, 0.1) is 13.8 Å².